The van der Waals surface area contributed by atoms with E-state index in [4.69, 9.17) is 4.74 Å². The van der Waals surface area contributed by atoms with E-state index in [1.807, 2.05) is 0 Å². The molecule has 0 amide bonds. The molecule has 1 N–H and O–H groups in total. The van der Waals surface area contributed by atoms with Gasteiger partial charge in [0.2, 0.25) is 0 Å². The Balaban J connectivity index is 1.32. The van der Waals surface area contributed by atoms with Gasteiger partial charge in [-0.2, -0.15) is 0 Å². The second-order valence-corrected chi connectivity index (χ2v) is 12.1. The lowest BCUT2D eigenvalue weighted by Gasteiger charge is -2.64. The molecule has 4 nitrogen and oxygen atoms in total. The summed E-state index contributed by atoms with van der Waals surface area (Å²) in [4.78, 5) is 24.4. The van der Waals surface area contributed by atoms with Crippen LogP contribution in [0.2, 0.25) is 0 Å². The molecule has 0 radical (unpaired) electrons. The lowest BCUT2D eigenvalue weighted by molar-refractivity contribution is -0.223. The Morgan fingerprint density at radius 3 is 2.46 bits per heavy atom. The van der Waals surface area contributed by atoms with Crippen molar-refractivity contribution in [3.05, 3.63) is 0 Å². The van der Waals surface area contributed by atoms with Gasteiger partial charge in [-0.15, -0.1) is 0 Å². The highest BCUT2D eigenvalue weighted by atomic mass is 16.6. The predicted octanol–water partition coefficient (Wildman–Crippen LogP) is 3.50. The zero-order valence-corrected chi connectivity index (χ0v) is 17.1. The van der Waals surface area contributed by atoms with Crippen LogP contribution in [0.3, 0.4) is 0 Å². The van der Waals surface area contributed by atoms with Gasteiger partial charge in [0.25, 0.3) is 0 Å². The summed E-state index contributed by atoms with van der Waals surface area (Å²) in [5.41, 5.74) is -0.943. The van der Waals surface area contributed by atoms with Gasteiger partial charge in [0.15, 0.2) is 0 Å². The molecule has 152 valence electrons. The van der Waals surface area contributed by atoms with E-state index >= 15 is 0 Å². The van der Waals surface area contributed by atoms with Gasteiger partial charge in [0.1, 0.15) is 11.4 Å². The number of hydrogen-bond acceptors (Lipinski definition) is 4. The summed E-state index contributed by atoms with van der Waals surface area (Å²) in [5.74, 6) is 4.36. The van der Waals surface area contributed by atoms with Crippen molar-refractivity contribution in [3.63, 3.8) is 0 Å². The maximum absolute atomic E-state index is 12.3. The largest absolute Gasteiger partial charge is 0.458 e. The van der Waals surface area contributed by atoms with Gasteiger partial charge in [-0.1, -0.05) is 13.8 Å². The molecule has 1 spiro atoms. The van der Waals surface area contributed by atoms with Crippen LogP contribution >= 0.6 is 0 Å². The lowest BCUT2D eigenvalue weighted by atomic mass is 9.42. The number of Topliss-reactive ketones (excluding diaryl/α,β-unsaturated/α-hetero) is 1. The first-order chi connectivity index (χ1) is 13.3. The average molecular weight is 385 g/mol. The van der Waals surface area contributed by atoms with E-state index < -0.39 is 5.60 Å². The molecule has 5 unspecified atom stereocenters. The van der Waals surface area contributed by atoms with Gasteiger partial charge in [0, 0.05) is 36.0 Å². The van der Waals surface area contributed by atoms with Crippen molar-refractivity contribution in [2.24, 2.45) is 52.3 Å². The standard InChI is InChI=1S/C24H32O4/c1-21-6-3-12(25)11-23(21,27)16-9-13(16)19-15(21)4-7-22(2)20(19)14-10-17(14)24(22)8-5-18(26)28-24/h13-17,19-20,27H,3-11H2,1-2H3/t13-,14+,15?,16?,17-,19?,20?,21+,22-,23+,24?/m0/s1. The topological polar surface area (TPSA) is 63.6 Å². The maximum atomic E-state index is 12.3. The fourth-order valence-corrected chi connectivity index (χ4v) is 10.3. The van der Waals surface area contributed by atoms with Crippen LogP contribution in [0.15, 0.2) is 0 Å². The molecule has 11 atom stereocenters. The van der Waals surface area contributed by atoms with Crippen molar-refractivity contribution in [1.29, 1.82) is 0 Å². The van der Waals surface area contributed by atoms with E-state index in [1.165, 1.54) is 6.42 Å². The van der Waals surface area contributed by atoms with Crippen LogP contribution < -0.4 is 0 Å². The summed E-state index contributed by atoms with van der Waals surface area (Å²) in [5, 5.41) is 11.8. The number of ketones is 1. The number of esters is 1. The zero-order valence-electron chi connectivity index (χ0n) is 17.1. The van der Waals surface area contributed by atoms with Gasteiger partial charge < -0.3 is 9.84 Å². The molecule has 1 aliphatic heterocycles. The van der Waals surface area contributed by atoms with Gasteiger partial charge in [-0.3, -0.25) is 9.59 Å². The third-order valence-electron chi connectivity index (χ3n) is 11.6. The summed E-state index contributed by atoms with van der Waals surface area (Å²) >= 11 is 0. The molecule has 0 bridgehead atoms. The quantitative estimate of drug-likeness (QED) is 0.649. The minimum atomic E-state index is -0.763. The molecule has 1 heterocycles. The molecular weight excluding hydrogens is 352 g/mol. The zero-order chi connectivity index (χ0) is 19.3. The van der Waals surface area contributed by atoms with Crippen molar-refractivity contribution in [3.8, 4) is 0 Å². The molecule has 0 aromatic heterocycles. The Hall–Kier alpha value is -0.900. The molecular formula is C24H32O4. The van der Waals surface area contributed by atoms with E-state index in [1.54, 1.807) is 0 Å². The normalized spacial score (nSPS) is 65.8. The number of carbonyl (C=O) groups is 2. The molecule has 0 aromatic carbocycles. The molecule has 0 aromatic rings. The number of hydrogen-bond donors (Lipinski definition) is 1. The van der Waals surface area contributed by atoms with Gasteiger partial charge in [-0.05, 0) is 74.0 Å². The minimum Gasteiger partial charge on any atom is -0.458 e. The molecule has 28 heavy (non-hydrogen) atoms. The minimum absolute atomic E-state index is 0.0229. The maximum Gasteiger partial charge on any atom is 0.306 e. The third kappa shape index (κ3) is 1.55. The van der Waals surface area contributed by atoms with Crippen LogP contribution in [0.4, 0.5) is 0 Å². The molecule has 7 fully saturated rings. The van der Waals surface area contributed by atoms with Gasteiger partial charge in [-0.25, -0.2) is 0 Å². The fourth-order valence-electron chi connectivity index (χ4n) is 10.3. The molecule has 7 aliphatic rings. The molecule has 4 heteroatoms. The van der Waals surface area contributed by atoms with E-state index in [0.717, 1.165) is 38.0 Å². The summed E-state index contributed by atoms with van der Waals surface area (Å²) in [6.07, 6.45) is 8.04. The Kier molecular flexibility index (Phi) is 2.74. The first kappa shape index (κ1) is 16.8. The summed E-state index contributed by atoms with van der Waals surface area (Å²) in [6.45, 7) is 4.77. The number of rotatable bonds is 0. The van der Waals surface area contributed by atoms with E-state index in [0.29, 0.717) is 54.8 Å². The van der Waals surface area contributed by atoms with Crippen molar-refractivity contribution < 1.29 is 19.4 Å². The Labute approximate surface area is 166 Å². The van der Waals surface area contributed by atoms with Crippen LogP contribution in [0, 0.1) is 52.3 Å². The second kappa shape index (κ2) is 4.55. The second-order valence-electron chi connectivity index (χ2n) is 12.1. The van der Waals surface area contributed by atoms with Crippen LogP contribution in [0.5, 0.6) is 0 Å². The van der Waals surface area contributed by atoms with Crippen molar-refractivity contribution >= 4 is 11.8 Å². The number of fused-ring (bicyclic) bond motifs is 12. The highest BCUT2D eigenvalue weighted by Crippen LogP contribution is 2.83. The Morgan fingerprint density at radius 1 is 0.929 bits per heavy atom. The highest BCUT2D eigenvalue weighted by molar-refractivity contribution is 5.81. The predicted molar refractivity (Wildman–Crippen MR) is 101 cm³/mol. The van der Waals surface area contributed by atoms with Gasteiger partial charge in [0.05, 0.1) is 5.60 Å². The van der Waals surface area contributed by atoms with Crippen LogP contribution in [-0.4, -0.2) is 28.1 Å². The molecule has 6 saturated carbocycles. The highest BCUT2D eigenvalue weighted by Gasteiger charge is 2.83. The van der Waals surface area contributed by atoms with Crippen molar-refractivity contribution in [2.45, 2.75) is 82.8 Å². The molecule has 1 saturated heterocycles. The van der Waals surface area contributed by atoms with Gasteiger partial charge >= 0.3 is 5.97 Å². The van der Waals surface area contributed by atoms with Crippen LogP contribution in [0.1, 0.15) is 71.6 Å². The van der Waals surface area contributed by atoms with Crippen molar-refractivity contribution in [1.82, 2.24) is 0 Å². The number of carbonyl (C=O) groups excluding carboxylic acids is 2. The summed E-state index contributed by atoms with van der Waals surface area (Å²) in [6, 6.07) is 0. The smallest absolute Gasteiger partial charge is 0.306 e. The van der Waals surface area contributed by atoms with Crippen LogP contribution in [-0.2, 0) is 14.3 Å². The Bertz CT molecular complexity index is 821. The van der Waals surface area contributed by atoms with E-state index in [9.17, 15) is 14.7 Å². The molecule has 6 aliphatic carbocycles. The fraction of sp³-hybridized carbons (Fsp3) is 0.917. The van der Waals surface area contributed by atoms with Crippen LogP contribution in [0.25, 0.3) is 0 Å². The van der Waals surface area contributed by atoms with Crippen molar-refractivity contribution in [2.75, 3.05) is 0 Å². The SMILES string of the molecule is C[C@]12CCC3C(C1[C@@H]1C[C@@H]1C21CCC(=O)O1)[C@H]1CC1[C@]1(O)CC(=O)CC[C@]31C. The lowest BCUT2D eigenvalue weighted by Crippen LogP contribution is -2.65. The monoisotopic (exact) mass is 384 g/mol. The summed E-state index contributed by atoms with van der Waals surface area (Å²) < 4.78 is 6.20. The molecule has 7 rings (SSSR count). The first-order valence-electron chi connectivity index (χ1n) is 11.7. The third-order valence-corrected chi connectivity index (χ3v) is 11.6. The van der Waals surface area contributed by atoms with E-state index in [-0.39, 0.29) is 28.2 Å². The number of aliphatic hydroxyl groups is 1. The Morgan fingerprint density at radius 2 is 1.71 bits per heavy atom. The summed E-state index contributed by atoms with van der Waals surface area (Å²) in [7, 11) is 0. The average Bonchev–Trinajstić information content (AvgIpc) is 3.54. The first-order valence-corrected chi connectivity index (χ1v) is 11.7. The van der Waals surface area contributed by atoms with E-state index in [2.05, 4.69) is 13.8 Å². The number of ether oxygens (including phenoxy) is 1.